The number of hydrogen-bond donors (Lipinski definition) is 0. The fourth-order valence-electron chi connectivity index (χ4n) is 3.76. The van der Waals surface area contributed by atoms with Gasteiger partial charge in [0.25, 0.3) is 0 Å². The van der Waals surface area contributed by atoms with E-state index in [2.05, 4.69) is 23.6 Å². The van der Waals surface area contributed by atoms with E-state index < -0.39 is 5.38 Å². The summed E-state index contributed by atoms with van der Waals surface area (Å²) in [7, 11) is 0. The Hall–Kier alpha value is -1.85. The van der Waals surface area contributed by atoms with Crippen molar-refractivity contribution in [3.63, 3.8) is 0 Å². The van der Waals surface area contributed by atoms with Gasteiger partial charge in [0.15, 0.2) is 0 Å². The van der Waals surface area contributed by atoms with Crippen LogP contribution in [0.4, 0.5) is 0 Å². The van der Waals surface area contributed by atoms with Crippen LogP contribution in [0.3, 0.4) is 0 Å². The van der Waals surface area contributed by atoms with Crippen LogP contribution < -0.4 is 0 Å². The Labute approximate surface area is 176 Å². The van der Waals surface area contributed by atoms with Crippen LogP contribution in [0.5, 0.6) is 0 Å². The van der Waals surface area contributed by atoms with Crippen LogP contribution >= 0.6 is 22.9 Å². The van der Waals surface area contributed by atoms with E-state index in [9.17, 15) is 9.59 Å². The van der Waals surface area contributed by atoms with Gasteiger partial charge in [0.1, 0.15) is 5.38 Å². The number of halogens is 1. The first-order chi connectivity index (χ1) is 13.4. The van der Waals surface area contributed by atoms with Crippen LogP contribution in [0, 0.1) is 5.92 Å². The minimum absolute atomic E-state index is 0.0305. The first-order valence-electron chi connectivity index (χ1n) is 9.72. The molecule has 6 heteroatoms. The van der Waals surface area contributed by atoms with E-state index in [1.54, 1.807) is 23.2 Å². The number of hydrogen-bond acceptors (Lipinski definition) is 3. The van der Waals surface area contributed by atoms with E-state index in [0.29, 0.717) is 13.1 Å². The van der Waals surface area contributed by atoms with Crippen molar-refractivity contribution in [2.24, 2.45) is 5.92 Å². The predicted octanol–water partition coefficient (Wildman–Crippen LogP) is 4.33. The van der Waals surface area contributed by atoms with Gasteiger partial charge in [-0.15, -0.1) is 22.9 Å². The molecule has 2 atom stereocenters. The topological polar surface area (TPSA) is 40.6 Å². The van der Waals surface area contributed by atoms with E-state index in [1.807, 2.05) is 36.9 Å². The normalized spacial score (nSPS) is 17.3. The Morgan fingerprint density at radius 2 is 1.93 bits per heavy atom. The summed E-state index contributed by atoms with van der Waals surface area (Å²) in [5.74, 6) is 0.0483. The monoisotopic (exact) mass is 418 g/mol. The summed E-state index contributed by atoms with van der Waals surface area (Å²) in [5, 5.41) is 1.46. The highest BCUT2D eigenvalue weighted by molar-refractivity contribution is 7.10. The lowest BCUT2D eigenvalue weighted by atomic mass is 9.93. The van der Waals surface area contributed by atoms with Gasteiger partial charge in [0, 0.05) is 18.0 Å². The number of nitrogens with zero attached hydrogens (tertiary/aromatic N) is 2. The molecule has 1 aromatic carbocycles. The molecule has 0 N–H and O–H groups in total. The first kappa shape index (κ1) is 20.9. The molecule has 0 radical (unpaired) electrons. The second kappa shape index (κ2) is 9.10. The van der Waals surface area contributed by atoms with Gasteiger partial charge in [-0.05, 0) is 41.8 Å². The summed E-state index contributed by atoms with van der Waals surface area (Å²) in [6.45, 7) is 6.98. The maximum atomic E-state index is 13.3. The molecule has 1 aromatic heterocycles. The van der Waals surface area contributed by atoms with E-state index in [4.69, 9.17) is 11.6 Å². The molecule has 3 rings (SSSR count). The third-order valence-corrected chi connectivity index (χ3v) is 6.15. The van der Waals surface area contributed by atoms with Crippen molar-refractivity contribution >= 4 is 34.8 Å². The summed E-state index contributed by atoms with van der Waals surface area (Å²) in [4.78, 5) is 30.7. The van der Waals surface area contributed by atoms with Crippen LogP contribution in [0.15, 0.2) is 41.8 Å². The van der Waals surface area contributed by atoms with Crippen LogP contribution in [0.25, 0.3) is 0 Å². The zero-order valence-electron chi connectivity index (χ0n) is 16.6. The zero-order valence-corrected chi connectivity index (χ0v) is 18.2. The van der Waals surface area contributed by atoms with E-state index in [0.717, 1.165) is 12.0 Å². The second-order valence-electron chi connectivity index (χ2n) is 7.68. The number of amides is 2. The Balaban J connectivity index is 1.87. The van der Waals surface area contributed by atoms with Gasteiger partial charge < -0.3 is 9.80 Å². The molecule has 1 aliphatic heterocycles. The minimum atomic E-state index is -0.638. The maximum absolute atomic E-state index is 13.3. The molecule has 150 valence electrons. The summed E-state index contributed by atoms with van der Waals surface area (Å²) >= 11 is 7.79. The van der Waals surface area contributed by atoms with Crippen molar-refractivity contribution in [3.8, 4) is 0 Å². The summed E-state index contributed by atoms with van der Waals surface area (Å²) in [5.41, 5.74) is 2.30. The lowest BCUT2D eigenvalue weighted by molar-refractivity contribution is -0.141. The average Bonchev–Trinajstić information content (AvgIpc) is 3.15. The molecule has 2 heterocycles. The lowest BCUT2D eigenvalue weighted by Gasteiger charge is -2.38. The van der Waals surface area contributed by atoms with E-state index in [-0.39, 0.29) is 30.3 Å². The Morgan fingerprint density at radius 1 is 1.21 bits per heavy atom. The van der Waals surface area contributed by atoms with E-state index >= 15 is 0 Å². The second-order valence-corrected chi connectivity index (χ2v) is 9.33. The Kier molecular flexibility index (Phi) is 6.78. The molecule has 1 aliphatic rings. The van der Waals surface area contributed by atoms with Gasteiger partial charge in [-0.25, -0.2) is 0 Å². The largest absolute Gasteiger partial charge is 0.332 e. The number of fused-ring (bicyclic) bond motifs is 1. The summed E-state index contributed by atoms with van der Waals surface area (Å²) in [6, 6.07) is 12.1. The molecule has 28 heavy (non-hydrogen) atoms. The molecule has 2 unspecified atom stereocenters. The van der Waals surface area contributed by atoms with Crippen molar-refractivity contribution in [2.45, 2.75) is 38.6 Å². The summed E-state index contributed by atoms with van der Waals surface area (Å²) < 4.78 is 0. The van der Waals surface area contributed by atoms with Gasteiger partial charge >= 0.3 is 0 Å². The highest BCUT2D eigenvalue weighted by Crippen LogP contribution is 2.37. The molecule has 0 bridgehead atoms. The zero-order chi connectivity index (χ0) is 20.3. The van der Waals surface area contributed by atoms with Crippen LogP contribution in [-0.4, -0.2) is 46.6 Å². The third-order valence-electron chi connectivity index (χ3n) is 4.97. The molecule has 2 amide bonds. The number of benzene rings is 1. The molecule has 0 aliphatic carbocycles. The molecule has 4 nitrogen and oxygen atoms in total. The summed E-state index contributed by atoms with van der Waals surface area (Å²) in [6.07, 6.45) is 0.853. The van der Waals surface area contributed by atoms with Crippen molar-refractivity contribution in [1.82, 2.24) is 9.80 Å². The molecule has 0 fully saturated rings. The van der Waals surface area contributed by atoms with Gasteiger partial charge in [0.05, 0.1) is 12.6 Å². The van der Waals surface area contributed by atoms with Crippen LogP contribution in [-0.2, 0) is 16.0 Å². The predicted molar refractivity (Wildman–Crippen MR) is 115 cm³/mol. The number of alkyl halides is 1. The van der Waals surface area contributed by atoms with E-state index in [1.165, 1.54) is 10.4 Å². The molecule has 2 aromatic rings. The van der Waals surface area contributed by atoms with Gasteiger partial charge in [-0.1, -0.05) is 44.2 Å². The SMILES string of the molecule is CC(C)CN(CC(=O)N1CCc2sccc2C1c1ccccc1)C(=O)C(C)Cl. The molecule has 0 saturated heterocycles. The highest BCUT2D eigenvalue weighted by atomic mass is 35.5. The number of carbonyl (C=O) groups excluding carboxylic acids is 2. The van der Waals surface area contributed by atoms with Crippen molar-refractivity contribution in [3.05, 3.63) is 57.8 Å². The van der Waals surface area contributed by atoms with Crippen LogP contribution in [0.2, 0.25) is 0 Å². The average molecular weight is 419 g/mol. The molecule has 0 saturated carbocycles. The van der Waals surface area contributed by atoms with Crippen LogP contribution in [0.1, 0.15) is 42.8 Å². The third kappa shape index (κ3) is 4.58. The van der Waals surface area contributed by atoms with Gasteiger partial charge in [-0.3, -0.25) is 9.59 Å². The maximum Gasteiger partial charge on any atom is 0.242 e. The standard InChI is InChI=1S/C22H27ClN2O2S/c1-15(2)13-24(22(27)16(3)23)14-20(26)25-11-9-19-18(10-12-28-19)21(25)17-7-5-4-6-8-17/h4-8,10,12,15-16,21H,9,11,13-14H2,1-3H3. The molecular formula is C22H27ClN2O2S. The highest BCUT2D eigenvalue weighted by Gasteiger charge is 2.34. The number of rotatable bonds is 6. The fourth-order valence-corrected chi connectivity index (χ4v) is 4.80. The molecule has 0 spiro atoms. The molecular weight excluding hydrogens is 392 g/mol. The Bertz CT molecular complexity index is 819. The number of thiophene rings is 1. The van der Waals surface area contributed by atoms with Gasteiger partial charge in [-0.2, -0.15) is 0 Å². The first-order valence-corrected chi connectivity index (χ1v) is 11.0. The van der Waals surface area contributed by atoms with Crippen molar-refractivity contribution in [2.75, 3.05) is 19.6 Å². The fraction of sp³-hybridized carbons (Fsp3) is 0.455. The smallest absolute Gasteiger partial charge is 0.242 e. The van der Waals surface area contributed by atoms with Crippen molar-refractivity contribution < 1.29 is 9.59 Å². The van der Waals surface area contributed by atoms with Gasteiger partial charge in [0.2, 0.25) is 11.8 Å². The minimum Gasteiger partial charge on any atom is -0.332 e. The number of carbonyl (C=O) groups is 2. The lowest BCUT2D eigenvalue weighted by Crippen LogP contribution is -2.48. The quantitative estimate of drug-likeness (QED) is 0.655. The van der Waals surface area contributed by atoms with Crippen molar-refractivity contribution in [1.29, 1.82) is 0 Å². The Morgan fingerprint density at radius 3 is 2.57 bits per heavy atom.